The Labute approximate surface area is 128 Å². The van der Waals surface area contributed by atoms with Gasteiger partial charge < -0.3 is 10.4 Å². The molecule has 5 heteroatoms. The van der Waals surface area contributed by atoms with E-state index < -0.39 is 0 Å². The number of benzene rings is 1. The summed E-state index contributed by atoms with van der Waals surface area (Å²) >= 11 is 0. The number of carbonyl (C=O) groups excluding carboxylic acids is 2. The number of carbonyl (C=O) groups is 2. The zero-order chi connectivity index (χ0) is 15.5. The van der Waals surface area contributed by atoms with Gasteiger partial charge in [-0.15, -0.1) is 0 Å². The van der Waals surface area contributed by atoms with Crippen LogP contribution in [0.25, 0.3) is 11.1 Å². The number of nitrogens with one attached hydrogen (secondary N) is 1. The first kappa shape index (κ1) is 14.3. The Morgan fingerprint density at radius 3 is 2.86 bits per heavy atom. The van der Waals surface area contributed by atoms with Crippen LogP contribution in [0.4, 0.5) is 0 Å². The second-order valence-corrected chi connectivity index (χ2v) is 5.42. The lowest BCUT2D eigenvalue weighted by molar-refractivity contribution is -0.122. The van der Waals surface area contributed by atoms with E-state index in [1.807, 2.05) is 6.07 Å². The van der Waals surface area contributed by atoms with Crippen molar-refractivity contribution in [2.24, 2.45) is 5.92 Å². The number of phenols is 1. The molecule has 0 radical (unpaired) electrons. The lowest BCUT2D eigenvalue weighted by Gasteiger charge is -2.07. The molecule has 0 spiro atoms. The molecule has 2 aromatic rings. The molecule has 112 valence electrons. The Morgan fingerprint density at radius 1 is 1.27 bits per heavy atom. The second-order valence-electron chi connectivity index (χ2n) is 5.42. The van der Waals surface area contributed by atoms with Crippen LogP contribution in [0, 0.1) is 5.92 Å². The van der Waals surface area contributed by atoms with Gasteiger partial charge in [-0.3, -0.25) is 14.6 Å². The van der Waals surface area contributed by atoms with Gasteiger partial charge in [-0.1, -0.05) is 12.1 Å². The Bertz CT molecular complexity index is 727. The van der Waals surface area contributed by atoms with Crippen LogP contribution in [0.2, 0.25) is 0 Å². The van der Waals surface area contributed by atoms with Crippen molar-refractivity contribution < 1.29 is 14.7 Å². The Kier molecular flexibility index (Phi) is 3.87. The van der Waals surface area contributed by atoms with Crippen molar-refractivity contribution in [1.82, 2.24) is 10.3 Å². The van der Waals surface area contributed by atoms with E-state index in [1.54, 1.807) is 30.5 Å². The zero-order valence-electron chi connectivity index (χ0n) is 12.0. The van der Waals surface area contributed by atoms with Gasteiger partial charge in [-0.2, -0.15) is 0 Å². The summed E-state index contributed by atoms with van der Waals surface area (Å²) in [6, 6.07) is 8.54. The smallest absolute Gasteiger partial charge is 0.223 e. The van der Waals surface area contributed by atoms with Crippen molar-refractivity contribution in [2.75, 3.05) is 6.54 Å². The molecule has 2 heterocycles. The summed E-state index contributed by atoms with van der Waals surface area (Å²) in [5.41, 5.74) is 2.04. The lowest BCUT2D eigenvalue weighted by Crippen LogP contribution is -2.21. The molecule has 1 aromatic carbocycles. The molecule has 1 saturated heterocycles. The normalized spacial score (nSPS) is 17.3. The maximum atomic E-state index is 12.3. The van der Waals surface area contributed by atoms with E-state index in [1.165, 1.54) is 6.20 Å². The minimum atomic E-state index is -0.239. The number of aromatic nitrogens is 1. The van der Waals surface area contributed by atoms with Gasteiger partial charge in [-0.25, -0.2) is 0 Å². The van der Waals surface area contributed by atoms with Crippen molar-refractivity contribution in [3.63, 3.8) is 0 Å². The summed E-state index contributed by atoms with van der Waals surface area (Å²) in [7, 11) is 0. The highest BCUT2D eigenvalue weighted by molar-refractivity contribution is 5.99. The predicted molar refractivity (Wildman–Crippen MR) is 81.4 cm³/mol. The molecule has 5 nitrogen and oxygen atoms in total. The quantitative estimate of drug-likeness (QED) is 0.847. The van der Waals surface area contributed by atoms with E-state index >= 15 is 0 Å². The molecule has 22 heavy (non-hydrogen) atoms. The van der Waals surface area contributed by atoms with E-state index in [0.717, 1.165) is 11.1 Å². The summed E-state index contributed by atoms with van der Waals surface area (Å²) < 4.78 is 0. The fourth-order valence-electron chi connectivity index (χ4n) is 2.62. The number of pyridine rings is 1. The predicted octanol–water partition coefficient (Wildman–Crippen LogP) is 2.16. The summed E-state index contributed by atoms with van der Waals surface area (Å²) in [4.78, 5) is 28.0. The van der Waals surface area contributed by atoms with E-state index in [9.17, 15) is 14.7 Å². The molecule has 1 atom stereocenters. The van der Waals surface area contributed by atoms with Crippen LogP contribution in [-0.4, -0.2) is 28.3 Å². The summed E-state index contributed by atoms with van der Waals surface area (Å²) in [6.45, 7) is 0.637. The van der Waals surface area contributed by atoms with E-state index in [2.05, 4.69) is 10.3 Å². The zero-order valence-corrected chi connectivity index (χ0v) is 12.0. The Hall–Kier alpha value is -2.69. The first-order chi connectivity index (χ1) is 10.6. The maximum Gasteiger partial charge on any atom is 0.223 e. The minimum Gasteiger partial charge on any atom is -0.508 e. The van der Waals surface area contributed by atoms with E-state index in [4.69, 9.17) is 0 Å². The van der Waals surface area contributed by atoms with Gasteiger partial charge in [0.05, 0.1) is 0 Å². The number of rotatable bonds is 4. The van der Waals surface area contributed by atoms with Gasteiger partial charge in [0.2, 0.25) is 5.91 Å². The molecule has 2 N–H and O–H groups in total. The number of aromatic hydroxyl groups is 1. The van der Waals surface area contributed by atoms with Crippen LogP contribution in [0.3, 0.4) is 0 Å². The van der Waals surface area contributed by atoms with E-state index in [0.29, 0.717) is 18.5 Å². The van der Waals surface area contributed by atoms with Gasteiger partial charge in [0.25, 0.3) is 0 Å². The van der Waals surface area contributed by atoms with Crippen LogP contribution in [0.1, 0.15) is 23.2 Å². The Morgan fingerprint density at radius 2 is 2.14 bits per heavy atom. The van der Waals surface area contributed by atoms with Crippen LogP contribution < -0.4 is 5.32 Å². The van der Waals surface area contributed by atoms with Crippen molar-refractivity contribution in [1.29, 1.82) is 0 Å². The number of hydrogen-bond acceptors (Lipinski definition) is 4. The lowest BCUT2D eigenvalue weighted by atomic mass is 9.96. The molecule has 1 fully saturated rings. The molecule has 1 unspecified atom stereocenters. The maximum absolute atomic E-state index is 12.3. The van der Waals surface area contributed by atoms with Gasteiger partial charge in [0.1, 0.15) is 5.75 Å². The van der Waals surface area contributed by atoms with Crippen molar-refractivity contribution >= 4 is 11.7 Å². The van der Waals surface area contributed by atoms with Crippen molar-refractivity contribution in [3.8, 4) is 16.9 Å². The highest BCUT2D eigenvalue weighted by Gasteiger charge is 2.26. The first-order valence-electron chi connectivity index (χ1n) is 7.19. The third-order valence-electron chi connectivity index (χ3n) is 3.83. The SMILES string of the molecule is O=C(CC1CCNC1=O)c1cncc(-c2cccc(O)c2)c1. The van der Waals surface area contributed by atoms with Crippen LogP contribution in [0.15, 0.2) is 42.7 Å². The molecule has 1 amide bonds. The van der Waals surface area contributed by atoms with Gasteiger partial charge in [-0.05, 0) is 30.2 Å². The van der Waals surface area contributed by atoms with Crippen LogP contribution in [0.5, 0.6) is 5.75 Å². The second kappa shape index (κ2) is 5.97. The molecule has 1 aliphatic rings. The van der Waals surface area contributed by atoms with Gasteiger partial charge in [0.15, 0.2) is 5.78 Å². The average molecular weight is 296 g/mol. The molecule has 0 aliphatic carbocycles. The highest BCUT2D eigenvalue weighted by atomic mass is 16.3. The number of phenolic OH excluding ortho intramolecular Hbond substituents is 1. The molecule has 0 bridgehead atoms. The number of nitrogens with zero attached hydrogens (tertiary/aromatic N) is 1. The van der Waals surface area contributed by atoms with Crippen molar-refractivity contribution in [3.05, 3.63) is 48.3 Å². The monoisotopic (exact) mass is 296 g/mol. The van der Waals surface area contributed by atoms with Gasteiger partial charge >= 0.3 is 0 Å². The number of amides is 1. The molecular formula is C17H16N2O3. The first-order valence-corrected chi connectivity index (χ1v) is 7.19. The summed E-state index contributed by atoms with van der Waals surface area (Å²) in [5.74, 6) is -0.212. The topological polar surface area (TPSA) is 79.3 Å². The minimum absolute atomic E-state index is 0.0505. The Balaban J connectivity index is 1.81. The summed E-state index contributed by atoms with van der Waals surface area (Å²) in [6.07, 6.45) is 4.07. The number of ketones is 1. The van der Waals surface area contributed by atoms with E-state index in [-0.39, 0.29) is 29.8 Å². The molecule has 1 aromatic heterocycles. The number of hydrogen-bond donors (Lipinski definition) is 2. The molecular weight excluding hydrogens is 280 g/mol. The van der Waals surface area contributed by atoms with Crippen LogP contribution >= 0.6 is 0 Å². The molecule has 3 rings (SSSR count). The van der Waals surface area contributed by atoms with Crippen molar-refractivity contribution in [2.45, 2.75) is 12.8 Å². The van der Waals surface area contributed by atoms with Gasteiger partial charge in [0, 0.05) is 42.4 Å². The average Bonchev–Trinajstić information content (AvgIpc) is 2.92. The summed E-state index contributed by atoms with van der Waals surface area (Å²) in [5, 5.41) is 12.3. The standard InChI is InChI=1S/C17H16N2O3/c20-15-3-1-2-11(7-15)13-6-14(10-18-9-13)16(21)8-12-4-5-19-17(12)22/h1-3,6-7,9-10,12,20H,4-5,8H2,(H,19,22). The molecule has 0 saturated carbocycles. The fraction of sp³-hybridized carbons (Fsp3) is 0.235. The largest absolute Gasteiger partial charge is 0.508 e. The third-order valence-corrected chi connectivity index (χ3v) is 3.83. The fourth-order valence-corrected chi connectivity index (χ4v) is 2.62. The number of Topliss-reactive ketones (excluding diaryl/α,β-unsaturated/α-hetero) is 1. The third kappa shape index (κ3) is 2.98. The van der Waals surface area contributed by atoms with Crippen LogP contribution in [-0.2, 0) is 4.79 Å². The molecule has 1 aliphatic heterocycles. The highest BCUT2D eigenvalue weighted by Crippen LogP contribution is 2.24.